The second-order valence-corrected chi connectivity index (χ2v) is 8.08. The van der Waals surface area contributed by atoms with E-state index < -0.39 is 70.1 Å². The molecule has 0 aliphatic heterocycles. The largest absolute Gasteiger partial charge is 0.460 e. The van der Waals surface area contributed by atoms with Crippen LogP contribution in [0.3, 0.4) is 0 Å². The lowest BCUT2D eigenvalue weighted by molar-refractivity contribution is -0.147. The Kier molecular flexibility index (Phi) is 6.46. The summed E-state index contributed by atoms with van der Waals surface area (Å²) in [5, 5.41) is -1.39. The molecule has 2 unspecified atom stereocenters. The van der Waals surface area contributed by atoms with Gasteiger partial charge in [-0.15, -0.1) is 0 Å². The number of hydrogen-bond donors (Lipinski definition) is 0. The average Bonchev–Trinajstić information content (AvgIpc) is 3.25. The first-order valence-electron chi connectivity index (χ1n) is 9.21. The summed E-state index contributed by atoms with van der Waals surface area (Å²) >= 11 is 5.23. The van der Waals surface area contributed by atoms with Gasteiger partial charge in [-0.2, -0.15) is 22.5 Å². The first-order valence-corrected chi connectivity index (χ1v) is 9.59. The summed E-state index contributed by atoms with van der Waals surface area (Å²) in [5.41, 5.74) is -1.87. The van der Waals surface area contributed by atoms with Gasteiger partial charge in [0.25, 0.3) is 11.8 Å². The smallest absolute Gasteiger partial charge is 0.426 e. The van der Waals surface area contributed by atoms with Crippen LogP contribution >= 0.6 is 11.6 Å². The Morgan fingerprint density at radius 2 is 1.78 bits per heavy atom. The molecule has 1 fully saturated rings. The lowest BCUT2D eigenvalue weighted by Crippen LogP contribution is -2.14. The molecule has 11 heteroatoms. The van der Waals surface area contributed by atoms with Crippen LogP contribution in [0.4, 0.5) is 26.3 Å². The van der Waals surface area contributed by atoms with Crippen molar-refractivity contribution in [1.29, 1.82) is 0 Å². The summed E-state index contributed by atoms with van der Waals surface area (Å²) in [6, 6.07) is 7.62. The van der Waals surface area contributed by atoms with Gasteiger partial charge >= 0.3 is 12.1 Å². The number of carbonyl (C=O) groups is 1. The molecular formula is C21H16ClF6NO3. The van der Waals surface area contributed by atoms with Crippen molar-refractivity contribution >= 4 is 17.6 Å². The maximum Gasteiger partial charge on any atom is 0.426 e. The third-order valence-electron chi connectivity index (χ3n) is 5.18. The zero-order chi connectivity index (χ0) is 23.8. The molecule has 1 aromatic heterocycles. The number of esters is 1. The third-order valence-corrected chi connectivity index (χ3v) is 5.52. The summed E-state index contributed by atoms with van der Waals surface area (Å²) in [6.45, 7) is 2.01. The Labute approximate surface area is 183 Å². The minimum absolute atomic E-state index is 0.101. The minimum Gasteiger partial charge on any atom is -0.460 e. The molecule has 1 aliphatic rings. The van der Waals surface area contributed by atoms with Gasteiger partial charge in [0, 0.05) is 0 Å². The number of nitrogens with zero attached hydrogens (tertiary/aromatic N) is 1. The highest BCUT2D eigenvalue weighted by molar-refractivity contribution is 6.30. The van der Waals surface area contributed by atoms with E-state index in [1.165, 1.54) is 26.0 Å². The molecule has 4 nitrogen and oxygen atoms in total. The van der Waals surface area contributed by atoms with E-state index in [2.05, 4.69) is 4.98 Å². The van der Waals surface area contributed by atoms with Crippen molar-refractivity contribution in [2.45, 2.75) is 26.6 Å². The zero-order valence-corrected chi connectivity index (χ0v) is 17.4. The van der Waals surface area contributed by atoms with Crippen molar-refractivity contribution in [3.8, 4) is 11.6 Å². The number of benzene rings is 1. The van der Waals surface area contributed by atoms with E-state index in [-0.39, 0.29) is 5.75 Å². The van der Waals surface area contributed by atoms with Crippen molar-refractivity contribution in [3.63, 3.8) is 0 Å². The van der Waals surface area contributed by atoms with Gasteiger partial charge in [-0.1, -0.05) is 49.7 Å². The van der Waals surface area contributed by atoms with Crippen LogP contribution < -0.4 is 4.74 Å². The van der Waals surface area contributed by atoms with Crippen LogP contribution in [-0.2, 0) is 16.1 Å². The lowest BCUT2D eigenvalue weighted by Gasteiger charge is -2.11. The first-order chi connectivity index (χ1) is 14.8. The number of para-hydroxylation sites is 1. The fraction of sp³-hybridized carbons (Fsp3) is 0.333. The Morgan fingerprint density at radius 1 is 1.16 bits per heavy atom. The number of rotatable bonds is 6. The van der Waals surface area contributed by atoms with Gasteiger partial charge in [-0.3, -0.25) is 4.79 Å². The third kappa shape index (κ3) is 4.85. The van der Waals surface area contributed by atoms with E-state index in [0.29, 0.717) is 6.08 Å². The summed E-state index contributed by atoms with van der Waals surface area (Å²) in [6.07, 6.45) is -4.07. The molecule has 0 N–H and O–H groups in total. The summed E-state index contributed by atoms with van der Waals surface area (Å²) < 4.78 is 90.6. The second-order valence-electron chi connectivity index (χ2n) is 7.67. The van der Waals surface area contributed by atoms with Crippen LogP contribution in [-0.4, -0.2) is 17.1 Å². The molecule has 172 valence electrons. The highest BCUT2D eigenvalue weighted by atomic mass is 35.5. The van der Waals surface area contributed by atoms with Gasteiger partial charge in [0.2, 0.25) is 0 Å². The van der Waals surface area contributed by atoms with Crippen molar-refractivity contribution < 1.29 is 40.6 Å². The molecular weight excluding hydrogens is 464 g/mol. The van der Waals surface area contributed by atoms with E-state index in [1.807, 2.05) is 0 Å². The number of pyridine rings is 1. The predicted molar refractivity (Wildman–Crippen MR) is 101 cm³/mol. The van der Waals surface area contributed by atoms with Crippen LogP contribution in [0.5, 0.6) is 11.6 Å². The van der Waals surface area contributed by atoms with Crippen molar-refractivity contribution in [3.05, 3.63) is 64.6 Å². The molecule has 2 aromatic rings. The number of hydrogen-bond acceptors (Lipinski definition) is 4. The van der Waals surface area contributed by atoms with Gasteiger partial charge in [0.1, 0.15) is 17.4 Å². The van der Waals surface area contributed by atoms with Crippen LogP contribution in [0.15, 0.2) is 41.4 Å². The Hall–Kier alpha value is -2.75. The maximum atomic E-state index is 14.7. The van der Waals surface area contributed by atoms with Gasteiger partial charge in [-0.05, 0) is 23.5 Å². The highest BCUT2D eigenvalue weighted by Crippen LogP contribution is 2.60. The van der Waals surface area contributed by atoms with Gasteiger partial charge in [0.15, 0.2) is 11.6 Å². The van der Waals surface area contributed by atoms with Crippen LogP contribution in [0.25, 0.3) is 0 Å². The maximum absolute atomic E-state index is 14.7. The molecule has 1 saturated carbocycles. The second kappa shape index (κ2) is 8.65. The van der Waals surface area contributed by atoms with Gasteiger partial charge < -0.3 is 9.47 Å². The summed E-state index contributed by atoms with van der Waals surface area (Å²) in [4.78, 5) is 15.4. The van der Waals surface area contributed by atoms with E-state index in [9.17, 15) is 31.1 Å². The zero-order valence-electron chi connectivity index (χ0n) is 16.6. The fourth-order valence-electron chi connectivity index (χ4n) is 3.26. The topological polar surface area (TPSA) is 48.4 Å². The summed E-state index contributed by atoms with van der Waals surface area (Å²) in [5.74, 6) is -8.44. The molecule has 1 aromatic carbocycles. The Bertz CT molecular complexity index is 1060. The quantitative estimate of drug-likeness (QED) is 0.277. The monoisotopic (exact) mass is 479 g/mol. The number of halogens is 7. The van der Waals surface area contributed by atoms with Gasteiger partial charge in [0.05, 0.1) is 11.5 Å². The van der Waals surface area contributed by atoms with Gasteiger partial charge in [-0.25, -0.2) is 8.78 Å². The standard InChI is InChI=1S/C21H16ClF6NO3/c1-20(2)12(8-13(22)21(26,27)28)14(20)19(30)31-9-11-15(23)17(25)29-18(16(11)24)32-10-6-4-3-5-7-10/h3-8,12,14H,9H2,1-2H3. The van der Waals surface area contributed by atoms with Crippen LogP contribution in [0.1, 0.15) is 19.4 Å². The van der Waals surface area contributed by atoms with Crippen LogP contribution in [0.2, 0.25) is 0 Å². The number of allylic oxidation sites excluding steroid dienone is 2. The number of ether oxygens (including phenoxy) is 2. The SMILES string of the molecule is CC1(C)C(C=C(Cl)C(F)(F)F)C1C(=O)OCc1c(F)c(F)nc(Oc2ccccc2)c1F. The van der Waals surface area contributed by atoms with E-state index in [4.69, 9.17) is 21.1 Å². The molecule has 0 amide bonds. The molecule has 0 radical (unpaired) electrons. The van der Waals surface area contributed by atoms with Crippen molar-refractivity contribution in [2.24, 2.45) is 17.3 Å². The first kappa shape index (κ1) is 23.9. The van der Waals surface area contributed by atoms with Crippen LogP contribution in [0, 0.1) is 34.8 Å². The Morgan fingerprint density at radius 3 is 2.38 bits per heavy atom. The molecule has 0 bridgehead atoms. The Balaban J connectivity index is 1.76. The van der Waals surface area contributed by atoms with E-state index in [0.717, 1.165) is 0 Å². The molecule has 3 rings (SSSR count). The average molecular weight is 480 g/mol. The normalized spacial score (nSPS) is 20.1. The molecule has 0 saturated heterocycles. The minimum atomic E-state index is -4.77. The number of alkyl halides is 3. The number of carbonyl (C=O) groups excluding carboxylic acids is 1. The highest BCUT2D eigenvalue weighted by Gasteiger charge is 2.62. The number of aromatic nitrogens is 1. The van der Waals surface area contributed by atoms with E-state index in [1.54, 1.807) is 18.2 Å². The molecule has 0 spiro atoms. The van der Waals surface area contributed by atoms with E-state index >= 15 is 0 Å². The van der Waals surface area contributed by atoms with Crippen molar-refractivity contribution in [1.82, 2.24) is 4.98 Å². The molecule has 2 atom stereocenters. The molecule has 1 heterocycles. The fourth-order valence-corrected chi connectivity index (χ4v) is 3.39. The van der Waals surface area contributed by atoms with Crippen molar-refractivity contribution in [2.75, 3.05) is 0 Å². The summed E-state index contributed by atoms with van der Waals surface area (Å²) in [7, 11) is 0. The lowest BCUT2D eigenvalue weighted by atomic mass is 10.1. The predicted octanol–water partition coefficient (Wildman–Crippen LogP) is 6.29. The molecule has 32 heavy (non-hydrogen) atoms. The molecule has 1 aliphatic carbocycles.